The lowest BCUT2D eigenvalue weighted by molar-refractivity contribution is 0.0623. The summed E-state index contributed by atoms with van der Waals surface area (Å²) in [7, 11) is 1.55. The first-order valence-electron chi connectivity index (χ1n) is 11.8. The van der Waals surface area contributed by atoms with Gasteiger partial charge in [0.2, 0.25) is 0 Å². The van der Waals surface area contributed by atoms with Gasteiger partial charge in [-0.15, -0.1) is 11.3 Å². The minimum absolute atomic E-state index is 0.101. The number of carbonyl (C=O) groups excluding carboxylic acids is 2. The normalized spacial score (nSPS) is 14.0. The van der Waals surface area contributed by atoms with E-state index >= 15 is 0 Å². The number of para-hydroxylation sites is 1. The van der Waals surface area contributed by atoms with Crippen LogP contribution < -0.4 is 5.32 Å². The molecule has 3 aromatic rings. The number of nitrogens with one attached hydrogen (secondary N) is 1. The Morgan fingerprint density at radius 3 is 2.53 bits per heavy atom. The van der Waals surface area contributed by atoms with E-state index in [-0.39, 0.29) is 18.1 Å². The summed E-state index contributed by atoms with van der Waals surface area (Å²) in [5, 5.41) is 4.95. The number of hydrogen-bond donors (Lipinski definition) is 1. The molecule has 3 amide bonds. The van der Waals surface area contributed by atoms with Gasteiger partial charge in [0.05, 0.1) is 18.8 Å². The highest BCUT2D eigenvalue weighted by molar-refractivity contribution is 7.09. The minimum atomic E-state index is -0.511. The van der Waals surface area contributed by atoms with Crippen molar-refractivity contribution in [3.8, 4) is 0 Å². The molecule has 0 radical (unpaired) electrons. The first kappa shape index (κ1) is 25.7. The van der Waals surface area contributed by atoms with Crippen LogP contribution in [0.3, 0.4) is 0 Å². The zero-order chi connectivity index (χ0) is 25.3. The average Bonchev–Trinajstić information content (AvgIpc) is 3.37. The van der Waals surface area contributed by atoms with Crippen molar-refractivity contribution in [3.05, 3.63) is 82.1 Å². The highest BCUT2D eigenvalue weighted by Gasteiger charge is 2.25. The van der Waals surface area contributed by atoms with E-state index < -0.39 is 11.8 Å². The number of thiazole rings is 1. The van der Waals surface area contributed by atoms with Crippen LogP contribution in [-0.2, 0) is 17.8 Å². The Morgan fingerprint density at radius 2 is 1.81 bits per heavy atom. The van der Waals surface area contributed by atoms with Crippen molar-refractivity contribution in [1.82, 2.24) is 19.7 Å². The van der Waals surface area contributed by atoms with E-state index in [1.807, 2.05) is 23.1 Å². The predicted octanol–water partition coefficient (Wildman–Crippen LogP) is 3.92. The van der Waals surface area contributed by atoms with E-state index in [1.165, 1.54) is 33.9 Å². The van der Waals surface area contributed by atoms with Gasteiger partial charge >= 0.3 is 6.03 Å². The molecular weight excluding hydrogens is 481 g/mol. The zero-order valence-electron chi connectivity index (χ0n) is 20.2. The fourth-order valence-electron chi connectivity index (χ4n) is 3.97. The number of amides is 3. The number of aromatic nitrogens is 1. The van der Waals surface area contributed by atoms with Gasteiger partial charge in [0.25, 0.3) is 5.91 Å². The van der Waals surface area contributed by atoms with Gasteiger partial charge in [0, 0.05) is 51.8 Å². The number of hydrogen-bond acceptors (Lipinski definition) is 6. The van der Waals surface area contributed by atoms with E-state index in [9.17, 15) is 14.0 Å². The van der Waals surface area contributed by atoms with Crippen LogP contribution in [0.15, 0.2) is 60.0 Å². The average molecular weight is 512 g/mol. The molecule has 10 heteroatoms. The molecule has 0 bridgehead atoms. The number of carbonyl (C=O) groups is 2. The summed E-state index contributed by atoms with van der Waals surface area (Å²) in [4.78, 5) is 36.0. The predicted molar refractivity (Wildman–Crippen MR) is 137 cm³/mol. The van der Waals surface area contributed by atoms with E-state index in [0.29, 0.717) is 36.9 Å². The van der Waals surface area contributed by atoms with Crippen molar-refractivity contribution in [2.24, 2.45) is 0 Å². The number of halogens is 1. The summed E-state index contributed by atoms with van der Waals surface area (Å²) in [6.07, 6.45) is 0. The van der Waals surface area contributed by atoms with E-state index in [2.05, 4.69) is 27.3 Å². The monoisotopic (exact) mass is 511 g/mol. The molecule has 1 aliphatic rings. The molecule has 1 saturated heterocycles. The van der Waals surface area contributed by atoms with E-state index in [1.54, 1.807) is 24.6 Å². The van der Waals surface area contributed by atoms with Crippen LogP contribution in [0, 0.1) is 5.82 Å². The van der Waals surface area contributed by atoms with Crippen LogP contribution >= 0.6 is 11.3 Å². The van der Waals surface area contributed by atoms with Crippen molar-refractivity contribution in [2.75, 3.05) is 51.8 Å². The number of benzene rings is 2. The second-order valence-electron chi connectivity index (χ2n) is 8.50. The number of nitrogens with zero attached hydrogens (tertiary/aromatic N) is 4. The molecule has 8 nitrogen and oxygen atoms in total. The fraction of sp³-hybridized carbons (Fsp3) is 0.346. The maximum absolute atomic E-state index is 14.0. The van der Waals surface area contributed by atoms with Gasteiger partial charge in [0.1, 0.15) is 16.5 Å². The van der Waals surface area contributed by atoms with Crippen LogP contribution in [0.2, 0.25) is 0 Å². The number of ether oxygens (including phenoxy) is 1. The van der Waals surface area contributed by atoms with Gasteiger partial charge in [-0.05, 0) is 17.7 Å². The molecule has 0 unspecified atom stereocenters. The third-order valence-corrected chi connectivity index (χ3v) is 6.81. The highest BCUT2D eigenvalue weighted by Crippen LogP contribution is 2.18. The first-order valence-corrected chi connectivity index (χ1v) is 12.7. The lowest BCUT2D eigenvalue weighted by Gasteiger charge is -2.34. The maximum atomic E-state index is 14.0. The quantitative estimate of drug-likeness (QED) is 0.471. The number of urea groups is 1. The molecule has 1 aromatic heterocycles. The molecule has 2 aromatic carbocycles. The molecule has 2 heterocycles. The van der Waals surface area contributed by atoms with Crippen molar-refractivity contribution < 1.29 is 18.7 Å². The summed E-state index contributed by atoms with van der Waals surface area (Å²) >= 11 is 1.33. The van der Waals surface area contributed by atoms with Gasteiger partial charge in [-0.2, -0.15) is 0 Å². The Hall–Kier alpha value is -3.34. The molecule has 0 saturated carbocycles. The summed E-state index contributed by atoms with van der Waals surface area (Å²) < 4.78 is 19.1. The molecule has 4 rings (SSSR count). The number of methoxy groups -OCH3 is 1. The molecule has 0 atom stereocenters. The van der Waals surface area contributed by atoms with Crippen LogP contribution in [0.4, 0.5) is 14.9 Å². The van der Waals surface area contributed by atoms with Crippen molar-refractivity contribution in [2.45, 2.75) is 13.1 Å². The molecule has 36 heavy (non-hydrogen) atoms. The van der Waals surface area contributed by atoms with Crippen LogP contribution in [-0.4, -0.2) is 78.1 Å². The summed E-state index contributed by atoms with van der Waals surface area (Å²) in [6.45, 7) is 4.56. The van der Waals surface area contributed by atoms with Gasteiger partial charge in [-0.25, -0.2) is 14.2 Å². The Balaban J connectivity index is 1.33. The highest BCUT2D eigenvalue weighted by atomic mass is 32.1. The number of anilines is 1. The standard InChI is InChI=1S/C26H30FN5O3S/c1-35-16-15-32(26(34)29-22-10-6-5-9-21(22)27)18-24-28-23(19-36-24)25(33)31-13-11-30(12-14-31)17-20-7-3-2-4-8-20/h2-10,19H,11-18H2,1H3,(H,29,34). The van der Waals surface area contributed by atoms with Gasteiger partial charge < -0.3 is 19.9 Å². The number of piperazine rings is 1. The van der Waals surface area contributed by atoms with Gasteiger partial charge in [0.15, 0.2) is 0 Å². The lowest BCUT2D eigenvalue weighted by Crippen LogP contribution is -2.48. The summed E-state index contributed by atoms with van der Waals surface area (Å²) in [6, 6.07) is 15.8. The SMILES string of the molecule is COCCN(Cc1nc(C(=O)N2CCN(Cc3ccccc3)CC2)cs1)C(=O)Nc1ccccc1F. The molecule has 190 valence electrons. The van der Waals surface area contributed by atoms with Crippen LogP contribution in [0.25, 0.3) is 0 Å². The Bertz CT molecular complexity index is 1150. The van der Waals surface area contributed by atoms with Crippen molar-refractivity contribution in [1.29, 1.82) is 0 Å². The molecule has 0 spiro atoms. The van der Waals surface area contributed by atoms with E-state index in [0.717, 1.165) is 19.6 Å². The molecule has 0 aliphatic carbocycles. The van der Waals surface area contributed by atoms with E-state index in [4.69, 9.17) is 4.74 Å². The fourth-order valence-corrected chi connectivity index (χ4v) is 4.75. The van der Waals surface area contributed by atoms with Crippen LogP contribution in [0.5, 0.6) is 0 Å². The third kappa shape index (κ3) is 6.87. The van der Waals surface area contributed by atoms with Crippen LogP contribution in [0.1, 0.15) is 21.1 Å². The largest absolute Gasteiger partial charge is 0.383 e. The molecule has 1 aliphatic heterocycles. The van der Waals surface area contributed by atoms with Crippen molar-refractivity contribution >= 4 is 29.0 Å². The second kappa shape index (κ2) is 12.6. The Morgan fingerprint density at radius 1 is 1.08 bits per heavy atom. The molecular formula is C26H30FN5O3S. The smallest absolute Gasteiger partial charge is 0.322 e. The molecule has 1 fully saturated rings. The zero-order valence-corrected chi connectivity index (χ0v) is 21.0. The summed E-state index contributed by atoms with van der Waals surface area (Å²) in [5.74, 6) is -0.611. The lowest BCUT2D eigenvalue weighted by atomic mass is 10.2. The minimum Gasteiger partial charge on any atom is -0.383 e. The Labute approximate surface area is 214 Å². The first-order chi connectivity index (χ1) is 17.5. The second-order valence-corrected chi connectivity index (χ2v) is 9.45. The van der Waals surface area contributed by atoms with Gasteiger partial charge in [-0.3, -0.25) is 9.69 Å². The third-order valence-electron chi connectivity index (χ3n) is 5.97. The maximum Gasteiger partial charge on any atom is 0.322 e. The number of rotatable bonds is 9. The summed E-state index contributed by atoms with van der Waals surface area (Å²) in [5.41, 5.74) is 1.75. The van der Waals surface area contributed by atoms with Gasteiger partial charge in [-0.1, -0.05) is 42.5 Å². The van der Waals surface area contributed by atoms with Crippen molar-refractivity contribution in [3.63, 3.8) is 0 Å². The molecule has 1 N–H and O–H groups in total. The topological polar surface area (TPSA) is 78.0 Å². The Kier molecular flexibility index (Phi) is 8.99.